The Balaban J connectivity index is 1.68. The SMILES string of the molecule is COc1cc(NC(=S)NC(=O)c2ccc(C)cc2Cl)ccc1NC(=O)c1ccccc1Cl. The minimum Gasteiger partial charge on any atom is -0.494 e. The highest BCUT2D eigenvalue weighted by Crippen LogP contribution is 2.29. The van der Waals surface area contributed by atoms with E-state index >= 15 is 0 Å². The van der Waals surface area contributed by atoms with Gasteiger partial charge >= 0.3 is 0 Å². The maximum absolute atomic E-state index is 12.5. The van der Waals surface area contributed by atoms with Crippen LogP contribution in [0.5, 0.6) is 5.75 Å². The molecule has 0 fully saturated rings. The van der Waals surface area contributed by atoms with Gasteiger partial charge < -0.3 is 15.4 Å². The average molecular weight is 488 g/mol. The van der Waals surface area contributed by atoms with E-state index < -0.39 is 5.91 Å². The molecule has 0 aromatic heterocycles. The van der Waals surface area contributed by atoms with Crippen molar-refractivity contribution in [1.29, 1.82) is 0 Å². The lowest BCUT2D eigenvalue weighted by Gasteiger charge is -2.14. The quantitative estimate of drug-likeness (QED) is 0.402. The molecule has 0 atom stereocenters. The number of anilines is 2. The number of aryl methyl sites for hydroxylation is 1. The Morgan fingerprint density at radius 2 is 1.59 bits per heavy atom. The molecule has 0 aliphatic rings. The number of ether oxygens (including phenoxy) is 1. The minimum absolute atomic E-state index is 0.0848. The van der Waals surface area contributed by atoms with E-state index in [4.69, 9.17) is 40.2 Å². The Kier molecular flexibility index (Phi) is 7.69. The molecule has 0 radical (unpaired) electrons. The number of nitrogens with one attached hydrogen (secondary N) is 3. The fourth-order valence-corrected chi connectivity index (χ4v) is 3.60. The zero-order valence-electron chi connectivity index (χ0n) is 17.2. The van der Waals surface area contributed by atoms with Crippen LogP contribution in [-0.2, 0) is 0 Å². The molecule has 0 aliphatic carbocycles. The number of rotatable bonds is 5. The summed E-state index contributed by atoms with van der Waals surface area (Å²) in [4.78, 5) is 25.0. The van der Waals surface area contributed by atoms with E-state index in [9.17, 15) is 9.59 Å². The second-order valence-corrected chi connectivity index (χ2v) is 7.96. The molecule has 6 nitrogen and oxygen atoms in total. The molecule has 0 spiro atoms. The van der Waals surface area contributed by atoms with Crippen molar-refractivity contribution in [2.75, 3.05) is 17.7 Å². The lowest BCUT2D eigenvalue weighted by Crippen LogP contribution is -2.34. The summed E-state index contributed by atoms with van der Waals surface area (Å²) in [5, 5.41) is 9.04. The Hall–Kier alpha value is -3.13. The Morgan fingerprint density at radius 1 is 0.875 bits per heavy atom. The van der Waals surface area contributed by atoms with Crippen LogP contribution in [0.1, 0.15) is 26.3 Å². The number of amides is 2. The van der Waals surface area contributed by atoms with Crippen LogP contribution < -0.4 is 20.7 Å². The second-order valence-electron chi connectivity index (χ2n) is 6.74. The number of carbonyl (C=O) groups is 2. The van der Waals surface area contributed by atoms with Crippen LogP contribution in [0, 0.1) is 6.92 Å². The normalized spacial score (nSPS) is 10.2. The van der Waals surface area contributed by atoms with Crippen molar-refractivity contribution in [3.63, 3.8) is 0 Å². The fraction of sp³-hybridized carbons (Fsp3) is 0.0870. The lowest BCUT2D eigenvalue weighted by atomic mass is 10.1. The van der Waals surface area contributed by atoms with Gasteiger partial charge in [0.1, 0.15) is 5.75 Å². The van der Waals surface area contributed by atoms with Gasteiger partial charge in [0.25, 0.3) is 11.8 Å². The predicted octanol–water partition coefficient (Wildman–Crippen LogP) is 5.69. The number of halogens is 2. The molecular weight excluding hydrogens is 469 g/mol. The summed E-state index contributed by atoms with van der Waals surface area (Å²) in [5.41, 5.74) is 2.61. The zero-order chi connectivity index (χ0) is 23.3. The number of hydrogen-bond donors (Lipinski definition) is 3. The Bertz CT molecular complexity index is 1200. The van der Waals surface area contributed by atoms with Gasteiger partial charge in [-0.15, -0.1) is 0 Å². The molecular formula is C23H19Cl2N3O3S. The highest BCUT2D eigenvalue weighted by atomic mass is 35.5. The first-order chi connectivity index (χ1) is 15.3. The van der Waals surface area contributed by atoms with E-state index in [2.05, 4.69) is 16.0 Å². The monoisotopic (exact) mass is 487 g/mol. The maximum atomic E-state index is 12.5. The standard InChI is InChI=1S/C23H19Cl2N3O3S/c1-13-7-9-16(18(25)11-13)22(30)28-23(32)26-14-8-10-19(20(12-14)31-2)27-21(29)15-5-3-4-6-17(15)24/h3-12H,1-2H3,(H,27,29)(H2,26,28,30,32). The third-order valence-electron chi connectivity index (χ3n) is 4.42. The van der Waals surface area contributed by atoms with E-state index in [0.717, 1.165) is 5.56 Å². The maximum Gasteiger partial charge on any atom is 0.258 e. The summed E-state index contributed by atoms with van der Waals surface area (Å²) >= 11 is 17.5. The molecule has 3 aromatic rings. The smallest absolute Gasteiger partial charge is 0.258 e. The molecule has 3 rings (SSSR count). The first-order valence-corrected chi connectivity index (χ1v) is 10.6. The van der Waals surface area contributed by atoms with Gasteiger partial charge in [-0.3, -0.25) is 14.9 Å². The summed E-state index contributed by atoms with van der Waals surface area (Å²) in [5.74, 6) is -0.401. The van der Waals surface area contributed by atoms with Gasteiger partial charge in [-0.05, 0) is 61.1 Å². The third-order valence-corrected chi connectivity index (χ3v) is 5.27. The van der Waals surface area contributed by atoms with Gasteiger partial charge in [-0.1, -0.05) is 41.4 Å². The van der Waals surface area contributed by atoms with Crippen molar-refractivity contribution >= 4 is 63.7 Å². The molecule has 9 heteroatoms. The van der Waals surface area contributed by atoms with Crippen LogP contribution in [0.4, 0.5) is 11.4 Å². The summed E-state index contributed by atoms with van der Waals surface area (Å²) < 4.78 is 5.38. The first kappa shape index (κ1) is 23.5. The first-order valence-electron chi connectivity index (χ1n) is 9.41. The molecule has 0 saturated heterocycles. The molecule has 0 unspecified atom stereocenters. The van der Waals surface area contributed by atoms with Crippen LogP contribution >= 0.6 is 35.4 Å². The van der Waals surface area contributed by atoms with Gasteiger partial charge in [-0.2, -0.15) is 0 Å². The van der Waals surface area contributed by atoms with Crippen molar-refractivity contribution < 1.29 is 14.3 Å². The topological polar surface area (TPSA) is 79.5 Å². The summed E-state index contributed by atoms with van der Waals surface area (Å²) in [6, 6.07) is 16.8. The van der Waals surface area contributed by atoms with Crippen molar-refractivity contribution in [1.82, 2.24) is 5.32 Å². The molecule has 2 amide bonds. The van der Waals surface area contributed by atoms with E-state index in [1.54, 1.807) is 60.7 Å². The molecule has 164 valence electrons. The third kappa shape index (κ3) is 5.76. The van der Waals surface area contributed by atoms with Crippen molar-refractivity contribution in [3.8, 4) is 5.75 Å². The Labute approximate surface area is 200 Å². The van der Waals surface area contributed by atoms with Crippen LogP contribution in [0.2, 0.25) is 10.0 Å². The number of hydrogen-bond acceptors (Lipinski definition) is 4. The van der Waals surface area contributed by atoms with Gasteiger partial charge in [0, 0.05) is 11.8 Å². The van der Waals surface area contributed by atoms with Crippen molar-refractivity contribution in [3.05, 3.63) is 87.4 Å². The van der Waals surface area contributed by atoms with Crippen molar-refractivity contribution in [2.45, 2.75) is 6.92 Å². The summed E-state index contributed by atoms with van der Waals surface area (Å²) in [6.07, 6.45) is 0. The van der Waals surface area contributed by atoms with E-state index in [1.807, 2.05) is 6.92 Å². The number of carbonyl (C=O) groups excluding carboxylic acids is 2. The highest BCUT2D eigenvalue weighted by Gasteiger charge is 2.15. The molecule has 32 heavy (non-hydrogen) atoms. The van der Waals surface area contributed by atoms with Gasteiger partial charge in [0.2, 0.25) is 0 Å². The molecule has 3 aromatic carbocycles. The van der Waals surface area contributed by atoms with E-state index in [0.29, 0.717) is 38.3 Å². The minimum atomic E-state index is -0.428. The Morgan fingerprint density at radius 3 is 2.28 bits per heavy atom. The molecule has 0 bridgehead atoms. The molecule has 3 N–H and O–H groups in total. The van der Waals surface area contributed by atoms with E-state index in [-0.39, 0.29) is 11.0 Å². The molecule has 0 heterocycles. The van der Waals surface area contributed by atoms with E-state index in [1.165, 1.54) is 7.11 Å². The highest BCUT2D eigenvalue weighted by molar-refractivity contribution is 7.80. The summed E-state index contributed by atoms with van der Waals surface area (Å²) in [6.45, 7) is 1.88. The predicted molar refractivity (Wildman–Crippen MR) is 132 cm³/mol. The number of thiocarbonyl (C=S) groups is 1. The lowest BCUT2D eigenvalue weighted by molar-refractivity contribution is 0.0976. The van der Waals surface area contributed by atoms with Crippen molar-refractivity contribution in [2.24, 2.45) is 0 Å². The van der Waals surface area contributed by atoms with Gasteiger partial charge in [0.05, 0.1) is 34.0 Å². The molecule has 0 aliphatic heterocycles. The largest absolute Gasteiger partial charge is 0.494 e. The second kappa shape index (κ2) is 10.5. The zero-order valence-corrected chi connectivity index (χ0v) is 19.5. The average Bonchev–Trinajstić information content (AvgIpc) is 2.74. The van der Waals surface area contributed by atoms with Gasteiger partial charge in [-0.25, -0.2) is 0 Å². The number of methoxy groups -OCH3 is 1. The van der Waals surface area contributed by atoms with Crippen LogP contribution in [0.15, 0.2) is 60.7 Å². The fourth-order valence-electron chi connectivity index (χ4n) is 2.84. The summed E-state index contributed by atoms with van der Waals surface area (Å²) in [7, 11) is 1.48. The number of benzene rings is 3. The molecule has 0 saturated carbocycles. The van der Waals surface area contributed by atoms with Crippen LogP contribution in [0.25, 0.3) is 0 Å². The van der Waals surface area contributed by atoms with Crippen LogP contribution in [0.3, 0.4) is 0 Å². The van der Waals surface area contributed by atoms with Gasteiger partial charge in [0.15, 0.2) is 5.11 Å². The van der Waals surface area contributed by atoms with Crippen LogP contribution in [-0.4, -0.2) is 24.0 Å².